The quantitative estimate of drug-likeness (QED) is 0.379. The maximum absolute atomic E-state index is 13.9. The van der Waals surface area contributed by atoms with Crippen LogP contribution in [0.2, 0.25) is 5.02 Å². The maximum Gasteiger partial charge on any atom is 0.244 e. The van der Waals surface area contributed by atoms with Crippen LogP contribution in [-0.2, 0) is 32.6 Å². The van der Waals surface area contributed by atoms with Crippen LogP contribution in [0.3, 0.4) is 0 Å². The first-order chi connectivity index (χ1) is 18.0. The summed E-state index contributed by atoms with van der Waals surface area (Å²) in [5.74, 6) is -1.66. The van der Waals surface area contributed by atoms with Gasteiger partial charge in [0.2, 0.25) is 21.8 Å². The van der Waals surface area contributed by atoms with Crippen molar-refractivity contribution in [2.24, 2.45) is 0 Å². The molecule has 0 spiro atoms. The van der Waals surface area contributed by atoms with Gasteiger partial charge in [-0.15, -0.1) is 0 Å². The molecule has 3 aromatic carbocycles. The van der Waals surface area contributed by atoms with E-state index in [2.05, 4.69) is 5.32 Å². The summed E-state index contributed by atoms with van der Waals surface area (Å²) in [5, 5.41) is 2.53. The van der Waals surface area contributed by atoms with Gasteiger partial charge in [-0.2, -0.15) is 0 Å². The monoisotopic (exact) mass is 559 g/mol. The van der Waals surface area contributed by atoms with E-state index >= 15 is 0 Å². The van der Waals surface area contributed by atoms with Crippen LogP contribution in [0.15, 0.2) is 72.8 Å². The highest BCUT2D eigenvalue weighted by atomic mass is 35.5. The molecule has 1 atom stereocenters. The average molecular weight is 560 g/mol. The minimum absolute atomic E-state index is 0.0420. The summed E-state index contributed by atoms with van der Waals surface area (Å²) in [5.41, 5.74) is 2.65. The van der Waals surface area contributed by atoms with Crippen LogP contribution < -0.4 is 9.62 Å². The number of hydrogen-bond donors (Lipinski definition) is 1. The average Bonchev–Trinajstić information content (AvgIpc) is 2.86. The zero-order chi connectivity index (χ0) is 27.9. The number of halogens is 2. The van der Waals surface area contributed by atoms with Crippen molar-refractivity contribution in [2.45, 2.75) is 32.9 Å². The molecule has 0 bridgehead atoms. The first kappa shape index (κ1) is 29.1. The molecule has 0 saturated carbocycles. The van der Waals surface area contributed by atoms with E-state index < -0.39 is 34.3 Å². The van der Waals surface area contributed by atoms with Gasteiger partial charge < -0.3 is 10.2 Å². The van der Waals surface area contributed by atoms with Crippen molar-refractivity contribution in [3.05, 3.63) is 100 Å². The number of amides is 2. The van der Waals surface area contributed by atoms with E-state index in [1.54, 1.807) is 6.92 Å². The summed E-state index contributed by atoms with van der Waals surface area (Å²) in [7, 11) is -3.97. The molecule has 0 aromatic heterocycles. The Balaban J connectivity index is 2.05. The molecule has 0 aliphatic rings. The number of anilines is 1. The Labute approximate surface area is 228 Å². The van der Waals surface area contributed by atoms with Gasteiger partial charge in [-0.05, 0) is 43.2 Å². The Hall–Kier alpha value is -3.43. The van der Waals surface area contributed by atoms with Crippen LogP contribution in [0.4, 0.5) is 10.1 Å². The van der Waals surface area contributed by atoms with E-state index in [9.17, 15) is 22.4 Å². The van der Waals surface area contributed by atoms with E-state index in [-0.39, 0.29) is 29.6 Å². The van der Waals surface area contributed by atoms with Crippen LogP contribution in [-0.4, -0.2) is 50.5 Å². The van der Waals surface area contributed by atoms with Gasteiger partial charge in [-0.25, -0.2) is 12.8 Å². The number of nitrogens with zero attached hydrogens (tertiary/aromatic N) is 2. The molecule has 2 amide bonds. The van der Waals surface area contributed by atoms with Gasteiger partial charge in [0.15, 0.2) is 0 Å². The second-order valence-corrected chi connectivity index (χ2v) is 11.3. The highest BCUT2D eigenvalue weighted by Crippen LogP contribution is 2.25. The van der Waals surface area contributed by atoms with E-state index in [1.165, 1.54) is 11.0 Å². The summed E-state index contributed by atoms with van der Waals surface area (Å²) in [6.07, 6.45) is 1.18. The van der Waals surface area contributed by atoms with E-state index in [1.807, 2.05) is 61.5 Å². The maximum atomic E-state index is 13.9. The third-order valence-electron chi connectivity index (χ3n) is 5.93. The number of likely N-dealkylation sites (N-methyl/N-ethyl adjacent to an activating group) is 1. The molecule has 0 saturated heterocycles. The summed E-state index contributed by atoms with van der Waals surface area (Å²) >= 11 is 5.90. The third kappa shape index (κ3) is 7.79. The second-order valence-electron chi connectivity index (χ2n) is 8.98. The van der Waals surface area contributed by atoms with Crippen molar-refractivity contribution in [3.8, 4) is 0 Å². The van der Waals surface area contributed by atoms with Crippen LogP contribution >= 0.6 is 11.6 Å². The number of nitrogens with one attached hydrogen (secondary N) is 1. The molecular weight excluding hydrogens is 529 g/mol. The number of carbonyl (C=O) groups excluding carboxylic acids is 2. The van der Waals surface area contributed by atoms with Crippen molar-refractivity contribution in [1.29, 1.82) is 0 Å². The van der Waals surface area contributed by atoms with Gasteiger partial charge in [-0.1, -0.05) is 71.8 Å². The molecule has 3 aromatic rings. The molecule has 0 aliphatic heterocycles. The molecule has 202 valence electrons. The number of carbonyl (C=O) groups is 2. The topological polar surface area (TPSA) is 86.8 Å². The zero-order valence-electron chi connectivity index (χ0n) is 21.5. The molecule has 1 N–H and O–H groups in total. The first-order valence-corrected chi connectivity index (χ1v) is 14.3. The number of hydrogen-bond acceptors (Lipinski definition) is 4. The lowest BCUT2D eigenvalue weighted by Crippen LogP contribution is -2.53. The predicted molar refractivity (Wildman–Crippen MR) is 148 cm³/mol. The van der Waals surface area contributed by atoms with Crippen LogP contribution in [0, 0.1) is 12.7 Å². The fourth-order valence-electron chi connectivity index (χ4n) is 4.11. The van der Waals surface area contributed by atoms with Gasteiger partial charge in [0, 0.05) is 19.5 Å². The summed E-state index contributed by atoms with van der Waals surface area (Å²) in [6, 6.07) is 19.3. The molecule has 0 unspecified atom stereocenters. The zero-order valence-corrected chi connectivity index (χ0v) is 23.1. The molecule has 0 fully saturated rings. The normalized spacial score (nSPS) is 12.0. The molecule has 0 heterocycles. The molecule has 10 heteroatoms. The SMILES string of the molecule is CCNC(=O)[C@H](Cc1ccccc1)N(Cc1cccc(C)c1)C(=O)CN(c1ccc(F)c(Cl)c1)S(C)(=O)=O. The Morgan fingerprint density at radius 2 is 1.68 bits per heavy atom. The van der Waals surface area contributed by atoms with Crippen LogP contribution in [0.25, 0.3) is 0 Å². The minimum Gasteiger partial charge on any atom is -0.355 e. The van der Waals surface area contributed by atoms with Crippen molar-refractivity contribution < 1.29 is 22.4 Å². The number of sulfonamides is 1. The summed E-state index contributed by atoms with van der Waals surface area (Å²) < 4.78 is 40.1. The fraction of sp³-hybridized carbons (Fsp3) is 0.286. The Morgan fingerprint density at radius 3 is 2.29 bits per heavy atom. The number of rotatable bonds is 11. The largest absolute Gasteiger partial charge is 0.355 e. The van der Waals surface area contributed by atoms with Crippen molar-refractivity contribution >= 4 is 39.1 Å². The molecule has 3 rings (SSSR count). The highest BCUT2D eigenvalue weighted by Gasteiger charge is 2.33. The van der Waals surface area contributed by atoms with E-state index in [0.717, 1.165) is 39.4 Å². The van der Waals surface area contributed by atoms with Crippen molar-refractivity contribution in [1.82, 2.24) is 10.2 Å². The van der Waals surface area contributed by atoms with Gasteiger partial charge in [-0.3, -0.25) is 13.9 Å². The van der Waals surface area contributed by atoms with Crippen molar-refractivity contribution in [3.63, 3.8) is 0 Å². The summed E-state index contributed by atoms with van der Waals surface area (Å²) in [6.45, 7) is 3.55. The van der Waals surface area contributed by atoms with Gasteiger partial charge in [0.25, 0.3) is 0 Å². The number of benzene rings is 3. The molecular formula is C28H31ClFN3O4S. The standard InChI is InChI=1S/C28H31ClFN3O4S/c1-4-31-28(35)26(16-21-10-6-5-7-11-21)32(18-22-12-8-9-20(2)15-22)27(34)19-33(38(3,36)37)23-13-14-25(30)24(29)17-23/h5-15,17,26H,4,16,18-19H2,1-3H3,(H,31,35)/t26-/m0/s1. The Morgan fingerprint density at radius 1 is 1.00 bits per heavy atom. The smallest absolute Gasteiger partial charge is 0.244 e. The lowest BCUT2D eigenvalue weighted by atomic mass is 10.0. The Bertz CT molecular complexity index is 1390. The lowest BCUT2D eigenvalue weighted by molar-refractivity contribution is -0.140. The number of aryl methyl sites for hydroxylation is 1. The predicted octanol–water partition coefficient (Wildman–Crippen LogP) is 4.33. The third-order valence-corrected chi connectivity index (χ3v) is 7.36. The van der Waals surface area contributed by atoms with Crippen molar-refractivity contribution in [2.75, 3.05) is 23.7 Å². The molecule has 0 radical (unpaired) electrons. The first-order valence-electron chi connectivity index (χ1n) is 12.1. The van der Waals surface area contributed by atoms with E-state index in [0.29, 0.717) is 6.54 Å². The fourth-order valence-corrected chi connectivity index (χ4v) is 5.12. The van der Waals surface area contributed by atoms with E-state index in [4.69, 9.17) is 11.6 Å². The summed E-state index contributed by atoms with van der Waals surface area (Å²) in [4.78, 5) is 28.6. The van der Waals surface area contributed by atoms with Gasteiger partial charge in [0.05, 0.1) is 17.0 Å². The lowest BCUT2D eigenvalue weighted by Gasteiger charge is -2.33. The molecule has 0 aliphatic carbocycles. The minimum atomic E-state index is -3.97. The van der Waals surface area contributed by atoms with Gasteiger partial charge in [0.1, 0.15) is 18.4 Å². The Kier molecular flexibility index (Phi) is 9.88. The van der Waals surface area contributed by atoms with Crippen LogP contribution in [0.5, 0.6) is 0 Å². The molecule has 7 nitrogen and oxygen atoms in total. The van der Waals surface area contributed by atoms with Crippen LogP contribution in [0.1, 0.15) is 23.6 Å². The van der Waals surface area contributed by atoms with Gasteiger partial charge >= 0.3 is 0 Å². The molecule has 38 heavy (non-hydrogen) atoms. The second kappa shape index (κ2) is 12.9. The highest BCUT2D eigenvalue weighted by molar-refractivity contribution is 7.92.